The standard InChI is InChI=1S/C18H35N/c1-6-14-18(19,9-4)16-13-11-10-12-15-17(5,7-2)8-3/h6-9,12-16,19H2,1-5H3. The zero-order valence-electron chi connectivity index (χ0n) is 13.9. The van der Waals surface area contributed by atoms with Gasteiger partial charge in [0, 0.05) is 18.4 Å². The van der Waals surface area contributed by atoms with E-state index in [0.717, 1.165) is 32.1 Å². The second-order valence-electron chi connectivity index (χ2n) is 6.34. The van der Waals surface area contributed by atoms with Gasteiger partial charge >= 0.3 is 0 Å². The van der Waals surface area contributed by atoms with Crippen LogP contribution in [0.5, 0.6) is 0 Å². The number of hydrogen-bond acceptors (Lipinski definition) is 1. The van der Waals surface area contributed by atoms with E-state index in [1.165, 1.54) is 25.7 Å². The van der Waals surface area contributed by atoms with E-state index < -0.39 is 0 Å². The monoisotopic (exact) mass is 265 g/mol. The second kappa shape index (κ2) is 9.43. The van der Waals surface area contributed by atoms with Gasteiger partial charge in [-0.3, -0.25) is 0 Å². The van der Waals surface area contributed by atoms with Crippen LogP contribution in [0.4, 0.5) is 0 Å². The van der Waals surface area contributed by atoms with Crippen molar-refractivity contribution in [2.75, 3.05) is 0 Å². The Morgan fingerprint density at radius 3 is 1.74 bits per heavy atom. The average molecular weight is 265 g/mol. The second-order valence-corrected chi connectivity index (χ2v) is 6.34. The largest absolute Gasteiger partial charge is 0.325 e. The third-order valence-electron chi connectivity index (χ3n) is 4.89. The van der Waals surface area contributed by atoms with Gasteiger partial charge in [0.05, 0.1) is 0 Å². The van der Waals surface area contributed by atoms with Crippen molar-refractivity contribution in [1.29, 1.82) is 0 Å². The molecular weight excluding hydrogens is 230 g/mol. The summed E-state index contributed by atoms with van der Waals surface area (Å²) in [6, 6.07) is 0. The van der Waals surface area contributed by atoms with Crippen LogP contribution in [0.2, 0.25) is 0 Å². The first kappa shape index (κ1) is 18.5. The number of rotatable bonds is 9. The van der Waals surface area contributed by atoms with Crippen molar-refractivity contribution in [3.05, 3.63) is 0 Å². The molecule has 0 fully saturated rings. The summed E-state index contributed by atoms with van der Waals surface area (Å²) in [5, 5.41) is 0. The molecule has 0 aliphatic carbocycles. The maximum Gasteiger partial charge on any atom is 0.0160 e. The van der Waals surface area contributed by atoms with E-state index in [0.29, 0.717) is 5.41 Å². The molecule has 0 aliphatic heterocycles. The van der Waals surface area contributed by atoms with Crippen LogP contribution in [0.1, 0.15) is 92.4 Å². The molecule has 1 heteroatoms. The molecule has 0 aromatic heterocycles. The van der Waals surface area contributed by atoms with Gasteiger partial charge in [-0.15, -0.1) is 11.8 Å². The van der Waals surface area contributed by atoms with Crippen LogP contribution in [-0.4, -0.2) is 5.54 Å². The quantitative estimate of drug-likeness (QED) is 0.564. The van der Waals surface area contributed by atoms with Crippen LogP contribution in [-0.2, 0) is 0 Å². The van der Waals surface area contributed by atoms with E-state index in [9.17, 15) is 0 Å². The highest BCUT2D eigenvalue weighted by Gasteiger charge is 2.20. The summed E-state index contributed by atoms with van der Waals surface area (Å²) in [7, 11) is 0. The van der Waals surface area contributed by atoms with E-state index in [1.54, 1.807) is 0 Å². The fraction of sp³-hybridized carbons (Fsp3) is 0.889. The Labute approximate surface area is 121 Å². The topological polar surface area (TPSA) is 26.0 Å². The summed E-state index contributed by atoms with van der Waals surface area (Å²) in [5.74, 6) is 6.67. The van der Waals surface area contributed by atoms with Crippen molar-refractivity contribution < 1.29 is 0 Å². The molecule has 0 rings (SSSR count). The Balaban J connectivity index is 4.00. The molecule has 19 heavy (non-hydrogen) atoms. The summed E-state index contributed by atoms with van der Waals surface area (Å²) in [6.45, 7) is 11.3. The molecule has 0 saturated carbocycles. The normalized spacial score (nSPS) is 14.6. The molecule has 0 aliphatic rings. The maximum absolute atomic E-state index is 6.37. The maximum atomic E-state index is 6.37. The zero-order valence-corrected chi connectivity index (χ0v) is 13.9. The lowest BCUT2D eigenvalue weighted by Crippen LogP contribution is -2.38. The van der Waals surface area contributed by atoms with Crippen LogP contribution < -0.4 is 5.73 Å². The predicted molar refractivity (Wildman–Crippen MR) is 87.1 cm³/mol. The first-order chi connectivity index (χ1) is 8.95. The summed E-state index contributed by atoms with van der Waals surface area (Å²) < 4.78 is 0. The SMILES string of the molecule is CCCC(N)(CC)CCC#CCCC(C)(CC)CC. The molecule has 1 unspecified atom stereocenters. The first-order valence-electron chi connectivity index (χ1n) is 8.20. The van der Waals surface area contributed by atoms with Crippen molar-refractivity contribution in [3.8, 4) is 11.8 Å². The van der Waals surface area contributed by atoms with Gasteiger partial charge in [0.25, 0.3) is 0 Å². The Morgan fingerprint density at radius 1 is 0.789 bits per heavy atom. The summed E-state index contributed by atoms with van der Waals surface area (Å²) in [6.07, 6.45) is 10.1. The van der Waals surface area contributed by atoms with Gasteiger partial charge in [-0.2, -0.15) is 0 Å². The molecule has 112 valence electrons. The van der Waals surface area contributed by atoms with E-state index in [1.807, 2.05) is 0 Å². The predicted octanol–water partition coefficient (Wildman–Crippen LogP) is 5.28. The summed E-state index contributed by atoms with van der Waals surface area (Å²) in [4.78, 5) is 0. The van der Waals surface area contributed by atoms with Crippen LogP contribution in [0.15, 0.2) is 0 Å². The molecular formula is C18H35N. The number of nitrogens with two attached hydrogens (primary N) is 1. The molecule has 0 radical (unpaired) electrons. The van der Waals surface area contributed by atoms with Crippen LogP contribution in [0.3, 0.4) is 0 Å². The molecule has 0 amide bonds. The van der Waals surface area contributed by atoms with Crippen LogP contribution in [0.25, 0.3) is 0 Å². The highest BCUT2D eigenvalue weighted by atomic mass is 14.7. The first-order valence-corrected chi connectivity index (χ1v) is 8.20. The van der Waals surface area contributed by atoms with E-state index in [2.05, 4.69) is 46.5 Å². The van der Waals surface area contributed by atoms with Crippen molar-refractivity contribution in [3.63, 3.8) is 0 Å². The van der Waals surface area contributed by atoms with Gasteiger partial charge < -0.3 is 5.73 Å². The number of hydrogen-bond donors (Lipinski definition) is 1. The Bertz CT molecular complexity index is 280. The minimum absolute atomic E-state index is 0.0186. The molecule has 1 atom stereocenters. The van der Waals surface area contributed by atoms with Gasteiger partial charge in [0.2, 0.25) is 0 Å². The molecule has 0 saturated heterocycles. The van der Waals surface area contributed by atoms with Gasteiger partial charge in [0.15, 0.2) is 0 Å². The highest BCUT2D eigenvalue weighted by Crippen LogP contribution is 2.30. The molecule has 1 nitrogen and oxygen atoms in total. The van der Waals surface area contributed by atoms with Crippen molar-refractivity contribution in [1.82, 2.24) is 0 Å². The molecule has 0 aromatic carbocycles. The van der Waals surface area contributed by atoms with E-state index in [-0.39, 0.29) is 5.54 Å². The molecule has 0 spiro atoms. The van der Waals surface area contributed by atoms with Crippen LogP contribution in [0, 0.1) is 17.3 Å². The van der Waals surface area contributed by atoms with Gasteiger partial charge in [0.1, 0.15) is 0 Å². The van der Waals surface area contributed by atoms with Crippen molar-refractivity contribution >= 4 is 0 Å². The molecule has 0 heterocycles. The Morgan fingerprint density at radius 2 is 1.32 bits per heavy atom. The third-order valence-corrected chi connectivity index (χ3v) is 4.89. The van der Waals surface area contributed by atoms with Crippen LogP contribution >= 0.6 is 0 Å². The van der Waals surface area contributed by atoms with Gasteiger partial charge in [-0.05, 0) is 31.1 Å². The highest BCUT2D eigenvalue weighted by molar-refractivity contribution is 5.01. The summed E-state index contributed by atoms with van der Waals surface area (Å²) >= 11 is 0. The smallest absolute Gasteiger partial charge is 0.0160 e. The fourth-order valence-electron chi connectivity index (χ4n) is 2.43. The Hall–Kier alpha value is -0.480. The zero-order chi connectivity index (χ0) is 14.8. The molecule has 2 N–H and O–H groups in total. The minimum atomic E-state index is 0.0186. The fourth-order valence-corrected chi connectivity index (χ4v) is 2.43. The van der Waals surface area contributed by atoms with Crippen molar-refractivity contribution in [2.24, 2.45) is 11.1 Å². The molecule has 0 aromatic rings. The lowest BCUT2D eigenvalue weighted by atomic mass is 9.80. The van der Waals surface area contributed by atoms with E-state index >= 15 is 0 Å². The molecule has 0 bridgehead atoms. The third kappa shape index (κ3) is 7.63. The minimum Gasteiger partial charge on any atom is -0.325 e. The summed E-state index contributed by atoms with van der Waals surface area (Å²) in [5.41, 5.74) is 6.87. The lowest BCUT2D eigenvalue weighted by Gasteiger charge is -2.26. The average Bonchev–Trinajstić information content (AvgIpc) is 2.42. The van der Waals surface area contributed by atoms with Crippen molar-refractivity contribution in [2.45, 2.75) is 97.9 Å². The van der Waals surface area contributed by atoms with Gasteiger partial charge in [-0.25, -0.2) is 0 Å². The van der Waals surface area contributed by atoms with E-state index in [4.69, 9.17) is 5.73 Å². The van der Waals surface area contributed by atoms with Gasteiger partial charge in [-0.1, -0.05) is 53.9 Å². The Kier molecular flexibility index (Phi) is 9.19. The lowest BCUT2D eigenvalue weighted by molar-refractivity contribution is 0.277.